The first-order valence-corrected chi connectivity index (χ1v) is 15.1. The molecule has 0 unspecified atom stereocenters. The zero-order chi connectivity index (χ0) is 29.1. The zero-order valence-corrected chi connectivity index (χ0v) is 24.8. The number of nitrogens with zero attached hydrogens (tertiary/aromatic N) is 2. The monoisotopic (exact) mass is 559 g/mol. The molecule has 5 heteroatoms. The quantitative estimate of drug-likeness (QED) is 0.141. The van der Waals surface area contributed by atoms with Gasteiger partial charge in [-0.2, -0.15) is 0 Å². The SMILES string of the molecule is Cc1cccc(OCCCn2c(CCCCCNC(=O)Cc3ccc(-c4ccccc4)cc3)nc3ccccc32)c1C. The molecule has 42 heavy (non-hydrogen) atoms. The van der Waals surface area contributed by atoms with Crippen LogP contribution in [0.4, 0.5) is 0 Å². The Morgan fingerprint density at radius 3 is 2.38 bits per heavy atom. The first-order chi connectivity index (χ1) is 20.6. The molecule has 5 rings (SSSR count). The van der Waals surface area contributed by atoms with E-state index in [1.807, 2.05) is 42.5 Å². The number of imidazole rings is 1. The number of aryl methyl sites for hydroxylation is 3. The van der Waals surface area contributed by atoms with Crippen LogP contribution in [0.25, 0.3) is 22.2 Å². The Morgan fingerprint density at radius 2 is 1.55 bits per heavy atom. The Labute approximate surface area is 249 Å². The van der Waals surface area contributed by atoms with E-state index in [0.717, 1.165) is 61.3 Å². The lowest BCUT2D eigenvalue weighted by molar-refractivity contribution is -0.120. The molecule has 0 bridgehead atoms. The van der Waals surface area contributed by atoms with Crippen LogP contribution < -0.4 is 10.1 Å². The highest BCUT2D eigenvalue weighted by atomic mass is 16.5. The molecule has 5 aromatic rings. The van der Waals surface area contributed by atoms with Gasteiger partial charge in [0, 0.05) is 19.5 Å². The van der Waals surface area contributed by atoms with E-state index >= 15 is 0 Å². The number of para-hydroxylation sites is 2. The summed E-state index contributed by atoms with van der Waals surface area (Å²) in [5, 5.41) is 3.09. The van der Waals surface area contributed by atoms with Gasteiger partial charge in [-0.25, -0.2) is 4.98 Å². The molecule has 216 valence electrons. The Morgan fingerprint density at radius 1 is 0.786 bits per heavy atom. The lowest BCUT2D eigenvalue weighted by atomic mass is 10.0. The van der Waals surface area contributed by atoms with Crippen molar-refractivity contribution in [1.29, 1.82) is 0 Å². The fourth-order valence-electron chi connectivity index (χ4n) is 5.36. The van der Waals surface area contributed by atoms with Gasteiger partial charge in [-0.15, -0.1) is 0 Å². The highest BCUT2D eigenvalue weighted by Gasteiger charge is 2.11. The first-order valence-electron chi connectivity index (χ1n) is 15.1. The summed E-state index contributed by atoms with van der Waals surface area (Å²) in [6.07, 6.45) is 5.30. The van der Waals surface area contributed by atoms with Gasteiger partial charge in [-0.3, -0.25) is 4.79 Å². The molecule has 0 saturated carbocycles. The van der Waals surface area contributed by atoms with Gasteiger partial charge < -0.3 is 14.6 Å². The summed E-state index contributed by atoms with van der Waals surface area (Å²) in [5.74, 6) is 2.18. The molecule has 1 aromatic heterocycles. The molecular formula is C37H41N3O2. The molecule has 4 aromatic carbocycles. The van der Waals surface area contributed by atoms with E-state index in [1.165, 1.54) is 27.8 Å². The highest BCUT2D eigenvalue weighted by Crippen LogP contribution is 2.22. The lowest BCUT2D eigenvalue weighted by Gasteiger charge is -2.13. The molecule has 0 atom stereocenters. The van der Waals surface area contributed by atoms with E-state index < -0.39 is 0 Å². The number of fused-ring (bicyclic) bond motifs is 1. The maximum absolute atomic E-state index is 12.5. The largest absolute Gasteiger partial charge is 0.493 e. The number of amides is 1. The molecule has 0 aliphatic rings. The second-order valence-electron chi connectivity index (χ2n) is 11.0. The van der Waals surface area contributed by atoms with Crippen LogP contribution >= 0.6 is 0 Å². The van der Waals surface area contributed by atoms with Crippen molar-refractivity contribution in [3.8, 4) is 16.9 Å². The summed E-state index contributed by atoms with van der Waals surface area (Å²) < 4.78 is 8.46. The van der Waals surface area contributed by atoms with E-state index in [9.17, 15) is 4.79 Å². The third kappa shape index (κ3) is 7.67. The van der Waals surface area contributed by atoms with Crippen molar-refractivity contribution >= 4 is 16.9 Å². The van der Waals surface area contributed by atoms with Gasteiger partial charge in [-0.1, -0.05) is 85.3 Å². The van der Waals surface area contributed by atoms with Crippen molar-refractivity contribution < 1.29 is 9.53 Å². The van der Waals surface area contributed by atoms with Crippen LogP contribution in [0, 0.1) is 13.8 Å². The molecule has 1 heterocycles. The van der Waals surface area contributed by atoms with Gasteiger partial charge in [0.05, 0.1) is 24.1 Å². The number of nitrogens with one attached hydrogen (secondary N) is 1. The van der Waals surface area contributed by atoms with E-state index in [0.29, 0.717) is 19.6 Å². The Balaban J connectivity index is 1.04. The fraction of sp³-hybridized carbons (Fsp3) is 0.297. The molecule has 1 N–H and O–H groups in total. The van der Waals surface area contributed by atoms with Crippen molar-refractivity contribution in [1.82, 2.24) is 14.9 Å². The van der Waals surface area contributed by atoms with Crippen LogP contribution in [0.3, 0.4) is 0 Å². The lowest BCUT2D eigenvalue weighted by Crippen LogP contribution is -2.26. The van der Waals surface area contributed by atoms with Crippen molar-refractivity contribution in [3.05, 3.63) is 120 Å². The van der Waals surface area contributed by atoms with E-state index in [1.54, 1.807) is 0 Å². The first kappa shape index (κ1) is 29.1. The van der Waals surface area contributed by atoms with Gasteiger partial charge in [0.2, 0.25) is 5.91 Å². The van der Waals surface area contributed by atoms with Crippen molar-refractivity contribution in [3.63, 3.8) is 0 Å². The van der Waals surface area contributed by atoms with Crippen molar-refractivity contribution in [2.45, 2.75) is 58.9 Å². The fourth-order valence-corrected chi connectivity index (χ4v) is 5.36. The van der Waals surface area contributed by atoms with Gasteiger partial charge in [-0.05, 0) is 79.1 Å². The maximum atomic E-state index is 12.5. The predicted octanol–water partition coefficient (Wildman–Crippen LogP) is 7.86. The number of hydrogen-bond donors (Lipinski definition) is 1. The van der Waals surface area contributed by atoms with Crippen LogP contribution in [0.2, 0.25) is 0 Å². The Hall–Kier alpha value is -4.38. The number of rotatable bonds is 14. The Kier molecular flexibility index (Phi) is 10.1. The zero-order valence-electron chi connectivity index (χ0n) is 24.8. The molecule has 0 radical (unpaired) electrons. The molecule has 1 amide bonds. The topological polar surface area (TPSA) is 56.1 Å². The number of ether oxygens (including phenoxy) is 1. The van der Waals surface area contributed by atoms with Gasteiger partial charge in [0.1, 0.15) is 11.6 Å². The van der Waals surface area contributed by atoms with Gasteiger partial charge in [0.15, 0.2) is 0 Å². The summed E-state index contributed by atoms with van der Waals surface area (Å²) >= 11 is 0. The molecule has 0 saturated heterocycles. The average Bonchev–Trinajstić information content (AvgIpc) is 3.37. The molecule has 0 fully saturated rings. The van der Waals surface area contributed by atoms with Crippen LogP contribution in [0.1, 0.15) is 48.2 Å². The highest BCUT2D eigenvalue weighted by molar-refractivity contribution is 5.79. The third-order valence-corrected chi connectivity index (χ3v) is 7.90. The minimum atomic E-state index is 0.0762. The van der Waals surface area contributed by atoms with Crippen LogP contribution in [-0.4, -0.2) is 28.6 Å². The third-order valence-electron chi connectivity index (χ3n) is 7.90. The smallest absolute Gasteiger partial charge is 0.224 e. The van der Waals surface area contributed by atoms with Crippen LogP contribution in [0.5, 0.6) is 5.75 Å². The number of unbranched alkanes of at least 4 members (excludes halogenated alkanes) is 2. The number of hydrogen-bond acceptors (Lipinski definition) is 3. The standard InChI is InChI=1S/C37H41N3O2/c1-28-13-11-18-35(29(28)2)42-26-12-25-40-34-17-9-8-16-33(34)39-36(40)19-7-4-10-24-38-37(41)27-30-20-22-32(23-21-30)31-14-5-3-6-15-31/h3,5-6,8-9,11,13-18,20-23H,4,7,10,12,19,24-27H2,1-2H3,(H,38,41). The molecule has 0 aliphatic carbocycles. The average molecular weight is 560 g/mol. The summed E-state index contributed by atoms with van der Waals surface area (Å²) in [5.41, 5.74) is 8.08. The van der Waals surface area contributed by atoms with Crippen LogP contribution in [-0.2, 0) is 24.2 Å². The second kappa shape index (κ2) is 14.5. The molecule has 0 aliphatic heterocycles. The van der Waals surface area contributed by atoms with Crippen LogP contribution in [0.15, 0.2) is 97.1 Å². The summed E-state index contributed by atoms with van der Waals surface area (Å²) in [6, 6.07) is 33.1. The summed E-state index contributed by atoms with van der Waals surface area (Å²) in [6.45, 7) is 6.48. The predicted molar refractivity (Wildman–Crippen MR) is 172 cm³/mol. The normalized spacial score (nSPS) is 11.1. The van der Waals surface area contributed by atoms with Crippen molar-refractivity contribution in [2.24, 2.45) is 0 Å². The van der Waals surface area contributed by atoms with Gasteiger partial charge in [0.25, 0.3) is 0 Å². The number of benzene rings is 4. The molecular weight excluding hydrogens is 518 g/mol. The minimum Gasteiger partial charge on any atom is -0.493 e. The summed E-state index contributed by atoms with van der Waals surface area (Å²) in [7, 11) is 0. The number of carbonyl (C=O) groups excluding carboxylic acids is 1. The molecule has 0 spiro atoms. The van der Waals surface area contributed by atoms with E-state index in [2.05, 4.69) is 78.3 Å². The minimum absolute atomic E-state index is 0.0762. The van der Waals surface area contributed by atoms with Gasteiger partial charge >= 0.3 is 0 Å². The van der Waals surface area contributed by atoms with E-state index in [4.69, 9.17) is 9.72 Å². The summed E-state index contributed by atoms with van der Waals surface area (Å²) in [4.78, 5) is 17.4. The maximum Gasteiger partial charge on any atom is 0.224 e. The van der Waals surface area contributed by atoms with Crippen molar-refractivity contribution in [2.75, 3.05) is 13.2 Å². The molecule has 5 nitrogen and oxygen atoms in total. The number of aromatic nitrogens is 2. The van der Waals surface area contributed by atoms with E-state index in [-0.39, 0.29) is 5.91 Å². The second-order valence-corrected chi connectivity index (χ2v) is 11.0. The Bertz CT molecular complexity index is 1590. The number of carbonyl (C=O) groups is 1.